The normalized spacial score (nSPS) is 30.6. The van der Waals surface area contributed by atoms with Crippen LogP contribution in [0, 0.1) is 0 Å². The molecule has 5 saturated heterocycles. The number of hydrogen-bond acceptors (Lipinski definition) is 12. The summed E-state index contributed by atoms with van der Waals surface area (Å²) < 4.78 is 27.5. The zero-order valence-corrected chi connectivity index (χ0v) is 18.8. The van der Waals surface area contributed by atoms with Crippen molar-refractivity contribution in [3.8, 4) is 0 Å². The Bertz CT molecular complexity index is 736. The number of nitrogens with zero attached hydrogens (tertiary/aromatic N) is 6. The van der Waals surface area contributed by atoms with Crippen molar-refractivity contribution in [1.29, 1.82) is 0 Å². The van der Waals surface area contributed by atoms with Gasteiger partial charge in [0.1, 0.15) is 0 Å². The lowest BCUT2D eigenvalue weighted by atomic mass is 10.3. The molecule has 0 saturated carbocycles. The van der Waals surface area contributed by atoms with Crippen LogP contribution in [0.1, 0.15) is 6.42 Å². The maximum atomic E-state index is 9.44. The Kier molecular flexibility index (Phi) is 6.20. The second-order valence-corrected chi connectivity index (χ2v) is 9.35. The Morgan fingerprint density at radius 2 is 0.879 bits per heavy atom. The smallest absolute Gasteiger partial charge is 0.232 e. The van der Waals surface area contributed by atoms with Crippen LogP contribution >= 0.6 is 0 Å². The van der Waals surface area contributed by atoms with Crippen LogP contribution in [0.4, 0.5) is 17.8 Å². The van der Waals surface area contributed by atoms with Gasteiger partial charge in [0.15, 0.2) is 0 Å². The van der Waals surface area contributed by atoms with Gasteiger partial charge in [0.25, 0.3) is 0 Å². The van der Waals surface area contributed by atoms with Crippen molar-refractivity contribution in [1.82, 2.24) is 15.0 Å². The van der Waals surface area contributed by atoms with Gasteiger partial charge in [-0.1, -0.05) is 0 Å². The van der Waals surface area contributed by atoms with Gasteiger partial charge in [-0.3, -0.25) is 0 Å². The molecular weight excluding hydrogens is 432 g/mol. The lowest BCUT2D eigenvalue weighted by Crippen LogP contribution is -2.38. The monoisotopic (exact) mass is 464 g/mol. The average molecular weight is 465 g/mol. The average Bonchev–Trinajstić information content (AvgIpc) is 3.60. The van der Waals surface area contributed by atoms with Crippen molar-refractivity contribution in [2.24, 2.45) is 0 Å². The highest BCUT2D eigenvalue weighted by atomic mass is 16.6. The van der Waals surface area contributed by atoms with E-state index >= 15 is 0 Å². The summed E-state index contributed by atoms with van der Waals surface area (Å²) in [5.74, 6) is 1.87. The van der Waals surface area contributed by atoms with Crippen LogP contribution in [0.2, 0.25) is 0 Å². The molecule has 12 heteroatoms. The SMILES string of the molecule is OCCCN(CC1CO1)c1nc(N(CC2CO2)CC2CO2)nc(N(CC2CO2)CC2CO2)n1. The minimum atomic E-state index is 0.112. The number of hydrogen-bond donors (Lipinski definition) is 1. The zero-order chi connectivity index (χ0) is 22.2. The van der Waals surface area contributed by atoms with Crippen molar-refractivity contribution in [2.75, 3.05) is 93.6 Å². The second-order valence-electron chi connectivity index (χ2n) is 9.35. The standard InChI is InChI=1S/C21H32N6O6/c28-3-1-2-25(4-14-9-29-14)19-22-20(26(5-15-10-30-15)6-16-11-31-16)24-21(23-19)27(7-17-12-32-17)8-18-13-33-18/h14-18,28H,1-13H2. The van der Waals surface area contributed by atoms with Gasteiger partial charge in [-0.05, 0) is 6.42 Å². The Balaban J connectivity index is 1.31. The fourth-order valence-corrected chi connectivity index (χ4v) is 3.87. The van der Waals surface area contributed by atoms with Crippen molar-refractivity contribution < 1.29 is 28.8 Å². The molecule has 33 heavy (non-hydrogen) atoms. The second kappa shape index (κ2) is 9.43. The topological polar surface area (TPSA) is 131 Å². The first-order chi connectivity index (χ1) is 16.2. The van der Waals surface area contributed by atoms with E-state index in [2.05, 4.69) is 14.7 Å². The lowest BCUT2D eigenvalue weighted by Gasteiger charge is -2.28. The van der Waals surface area contributed by atoms with Crippen LogP contribution in [0.25, 0.3) is 0 Å². The van der Waals surface area contributed by atoms with Gasteiger partial charge < -0.3 is 43.5 Å². The van der Waals surface area contributed by atoms with E-state index in [-0.39, 0.29) is 37.1 Å². The maximum Gasteiger partial charge on any atom is 0.232 e. The number of anilines is 3. The van der Waals surface area contributed by atoms with Crippen LogP contribution in [0.5, 0.6) is 0 Å². The molecule has 1 aromatic heterocycles. The quantitative estimate of drug-likeness (QED) is 0.291. The first kappa shape index (κ1) is 21.7. The largest absolute Gasteiger partial charge is 0.396 e. The molecule has 0 amide bonds. The molecule has 1 N–H and O–H groups in total. The molecule has 6 rings (SSSR count). The minimum absolute atomic E-state index is 0.112. The number of aliphatic hydroxyl groups excluding tert-OH is 1. The summed E-state index contributed by atoms with van der Waals surface area (Å²) in [4.78, 5) is 21.1. The molecule has 12 nitrogen and oxygen atoms in total. The molecule has 6 heterocycles. The number of ether oxygens (including phenoxy) is 5. The molecule has 5 unspecified atom stereocenters. The minimum Gasteiger partial charge on any atom is -0.396 e. The molecule has 5 atom stereocenters. The molecule has 1 aromatic rings. The van der Waals surface area contributed by atoms with Gasteiger partial charge in [0, 0.05) is 45.9 Å². The highest BCUT2D eigenvalue weighted by Crippen LogP contribution is 2.27. The summed E-state index contributed by atoms with van der Waals surface area (Å²) in [6, 6.07) is 0. The molecule has 0 aliphatic carbocycles. The van der Waals surface area contributed by atoms with Gasteiger partial charge >= 0.3 is 0 Å². The van der Waals surface area contributed by atoms with E-state index in [4.69, 9.17) is 38.6 Å². The van der Waals surface area contributed by atoms with Gasteiger partial charge in [0.05, 0.1) is 63.6 Å². The number of epoxide rings is 5. The van der Waals surface area contributed by atoms with Crippen molar-refractivity contribution in [2.45, 2.75) is 36.9 Å². The highest BCUT2D eigenvalue weighted by Gasteiger charge is 2.36. The van der Waals surface area contributed by atoms with Gasteiger partial charge in [0.2, 0.25) is 17.8 Å². The summed E-state index contributed by atoms with van der Waals surface area (Å²) in [5, 5.41) is 9.44. The van der Waals surface area contributed by atoms with Crippen LogP contribution in [0.15, 0.2) is 0 Å². The maximum absolute atomic E-state index is 9.44. The lowest BCUT2D eigenvalue weighted by molar-refractivity contribution is 0.288. The van der Waals surface area contributed by atoms with Crippen molar-refractivity contribution in [3.63, 3.8) is 0 Å². The third-order valence-corrected chi connectivity index (χ3v) is 6.17. The first-order valence-corrected chi connectivity index (χ1v) is 11.9. The summed E-state index contributed by atoms with van der Waals surface area (Å²) in [7, 11) is 0. The third-order valence-electron chi connectivity index (χ3n) is 6.17. The van der Waals surface area contributed by atoms with E-state index in [0.29, 0.717) is 37.4 Å². The predicted molar refractivity (Wildman–Crippen MR) is 117 cm³/mol. The molecule has 0 radical (unpaired) electrons. The van der Waals surface area contributed by atoms with E-state index in [9.17, 15) is 5.11 Å². The van der Waals surface area contributed by atoms with Crippen molar-refractivity contribution in [3.05, 3.63) is 0 Å². The van der Waals surface area contributed by atoms with E-state index in [1.54, 1.807) is 0 Å². The van der Waals surface area contributed by atoms with Crippen LogP contribution in [0.3, 0.4) is 0 Å². The Morgan fingerprint density at radius 3 is 1.18 bits per heavy atom. The summed E-state index contributed by atoms with van der Waals surface area (Å²) in [6.07, 6.45) is 1.62. The van der Waals surface area contributed by atoms with Gasteiger partial charge in [-0.15, -0.1) is 0 Å². The van der Waals surface area contributed by atoms with Crippen molar-refractivity contribution >= 4 is 17.8 Å². The van der Waals surface area contributed by atoms with E-state index < -0.39 is 0 Å². The fraction of sp³-hybridized carbons (Fsp3) is 0.857. The first-order valence-electron chi connectivity index (χ1n) is 11.9. The molecule has 0 aromatic carbocycles. The van der Waals surface area contributed by atoms with Crippen LogP contribution in [-0.4, -0.2) is 129 Å². The number of rotatable bonds is 16. The van der Waals surface area contributed by atoms with E-state index in [0.717, 1.165) is 59.2 Å². The third kappa shape index (κ3) is 6.40. The Labute approximate surface area is 192 Å². The molecule has 182 valence electrons. The van der Waals surface area contributed by atoms with Crippen LogP contribution < -0.4 is 14.7 Å². The molecule has 5 aliphatic heterocycles. The van der Waals surface area contributed by atoms with E-state index in [1.807, 2.05) is 0 Å². The molecule has 0 spiro atoms. The zero-order valence-electron chi connectivity index (χ0n) is 18.8. The summed E-state index contributed by atoms with van der Waals surface area (Å²) in [5.41, 5.74) is 0. The van der Waals surface area contributed by atoms with Crippen LogP contribution in [-0.2, 0) is 23.7 Å². The predicted octanol–water partition coefficient (Wildman–Crippen LogP) is -1.33. The van der Waals surface area contributed by atoms with Gasteiger partial charge in [-0.25, -0.2) is 0 Å². The highest BCUT2D eigenvalue weighted by molar-refractivity contribution is 5.47. The fourth-order valence-electron chi connectivity index (χ4n) is 3.87. The Morgan fingerprint density at radius 1 is 0.576 bits per heavy atom. The summed E-state index contributed by atoms with van der Waals surface area (Å²) in [6.45, 7) is 8.15. The molecule has 5 aliphatic rings. The molecular formula is C21H32N6O6. The molecule has 0 bridgehead atoms. The summed E-state index contributed by atoms with van der Waals surface area (Å²) >= 11 is 0. The van der Waals surface area contributed by atoms with E-state index in [1.165, 1.54) is 0 Å². The Hall–Kier alpha value is -1.83. The van der Waals surface area contributed by atoms with Gasteiger partial charge in [-0.2, -0.15) is 15.0 Å². The molecule has 5 fully saturated rings. The number of aliphatic hydroxyl groups is 1. The number of aromatic nitrogens is 3.